The van der Waals surface area contributed by atoms with Gasteiger partial charge in [0.25, 0.3) is 0 Å². The van der Waals surface area contributed by atoms with Crippen molar-refractivity contribution in [2.75, 3.05) is 6.54 Å². The van der Waals surface area contributed by atoms with E-state index in [1.54, 1.807) is 6.33 Å². The number of rotatable bonds is 6. The van der Waals surface area contributed by atoms with Crippen LogP contribution in [0.5, 0.6) is 0 Å². The summed E-state index contributed by atoms with van der Waals surface area (Å²) in [5.41, 5.74) is 3.24. The number of hydrogen-bond acceptors (Lipinski definition) is 3. The smallest absolute Gasteiger partial charge is 0.0959 e. The molecule has 4 heteroatoms. The zero-order chi connectivity index (χ0) is 14.5. The molecular weight excluding hydrogens is 262 g/mol. The van der Waals surface area contributed by atoms with Crippen LogP contribution in [0.3, 0.4) is 0 Å². The Morgan fingerprint density at radius 3 is 2.67 bits per heavy atom. The van der Waals surface area contributed by atoms with Crippen LogP contribution < -0.4 is 5.32 Å². The Bertz CT molecular complexity index is 693. The number of fused-ring (bicyclic) bond motifs is 1. The molecule has 0 aliphatic heterocycles. The predicted octanol–water partition coefficient (Wildman–Crippen LogP) is 2.19. The SMILES string of the molecule is OC(CNCc1ccccc1)Cn1cnc2ccccc21. The monoisotopic (exact) mass is 281 g/mol. The topological polar surface area (TPSA) is 50.1 Å². The van der Waals surface area contributed by atoms with Crippen molar-refractivity contribution in [3.05, 3.63) is 66.5 Å². The van der Waals surface area contributed by atoms with Crippen molar-refractivity contribution in [3.8, 4) is 0 Å². The van der Waals surface area contributed by atoms with Gasteiger partial charge < -0.3 is 15.0 Å². The molecule has 4 nitrogen and oxygen atoms in total. The Morgan fingerprint density at radius 1 is 1.05 bits per heavy atom. The van der Waals surface area contributed by atoms with E-state index in [9.17, 15) is 5.11 Å². The summed E-state index contributed by atoms with van der Waals surface area (Å²) >= 11 is 0. The molecule has 0 amide bonds. The van der Waals surface area contributed by atoms with Gasteiger partial charge >= 0.3 is 0 Å². The molecule has 3 rings (SSSR count). The maximum absolute atomic E-state index is 10.1. The highest BCUT2D eigenvalue weighted by Gasteiger charge is 2.08. The molecule has 0 aliphatic carbocycles. The first-order valence-corrected chi connectivity index (χ1v) is 7.15. The van der Waals surface area contributed by atoms with Gasteiger partial charge in [0, 0.05) is 13.1 Å². The second-order valence-electron chi connectivity index (χ2n) is 5.16. The molecule has 1 aromatic heterocycles. The maximum atomic E-state index is 10.1. The van der Waals surface area contributed by atoms with Crippen molar-refractivity contribution >= 4 is 11.0 Å². The van der Waals surface area contributed by atoms with Crippen molar-refractivity contribution in [1.82, 2.24) is 14.9 Å². The second-order valence-corrected chi connectivity index (χ2v) is 5.16. The number of nitrogens with zero attached hydrogens (tertiary/aromatic N) is 2. The lowest BCUT2D eigenvalue weighted by atomic mass is 10.2. The summed E-state index contributed by atoms with van der Waals surface area (Å²) in [6, 6.07) is 18.1. The number of nitrogens with one attached hydrogen (secondary N) is 1. The molecule has 0 fully saturated rings. The number of para-hydroxylation sites is 2. The van der Waals surface area contributed by atoms with Crippen LogP contribution in [-0.4, -0.2) is 27.3 Å². The van der Waals surface area contributed by atoms with Gasteiger partial charge in [-0.15, -0.1) is 0 Å². The molecule has 2 aromatic carbocycles. The standard InChI is InChI=1S/C17H19N3O/c21-15(11-18-10-14-6-2-1-3-7-14)12-20-13-19-16-8-4-5-9-17(16)20/h1-9,13,15,18,21H,10-12H2. The quantitative estimate of drug-likeness (QED) is 0.728. The summed E-state index contributed by atoms with van der Waals surface area (Å²) in [5, 5.41) is 13.4. The van der Waals surface area contributed by atoms with Crippen LogP contribution in [0, 0.1) is 0 Å². The minimum absolute atomic E-state index is 0.439. The molecule has 1 unspecified atom stereocenters. The lowest BCUT2D eigenvalue weighted by molar-refractivity contribution is 0.152. The van der Waals surface area contributed by atoms with E-state index in [4.69, 9.17) is 0 Å². The van der Waals surface area contributed by atoms with Crippen molar-refractivity contribution in [1.29, 1.82) is 0 Å². The summed E-state index contributed by atoms with van der Waals surface area (Å²) in [5.74, 6) is 0. The molecule has 108 valence electrons. The third-order valence-electron chi connectivity index (χ3n) is 3.49. The van der Waals surface area contributed by atoms with Gasteiger partial charge in [0.2, 0.25) is 0 Å². The van der Waals surface area contributed by atoms with Gasteiger partial charge in [0.1, 0.15) is 0 Å². The molecule has 2 N–H and O–H groups in total. The third-order valence-corrected chi connectivity index (χ3v) is 3.49. The van der Waals surface area contributed by atoms with Crippen LogP contribution in [0.25, 0.3) is 11.0 Å². The Labute approximate surface area is 124 Å². The fourth-order valence-electron chi connectivity index (χ4n) is 2.43. The number of hydrogen-bond donors (Lipinski definition) is 2. The predicted molar refractivity (Wildman–Crippen MR) is 83.9 cm³/mol. The van der Waals surface area contributed by atoms with Crippen molar-refractivity contribution in [2.24, 2.45) is 0 Å². The van der Waals surface area contributed by atoms with E-state index in [1.165, 1.54) is 5.56 Å². The highest BCUT2D eigenvalue weighted by molar-refractivity contribution is 5.74. The average molecular weight is 281 g/mol. The zero-order valence-electron chi connectivity index (χ0n) is 11.8. The van der Waals surface area contributed by atoms with Crippen molar-refractivity contribution < 1.29 is 5.11 Å². The van der Waals surface area contributed by atoms with Gasteiger partial charge in [-0.3, -0.25) is 0 Å². The Balaban J connectivity index is 1.53. The third kappa shape index (κ3) is 3.48. The van der Waals surface area contributed by atoms with Crippen molar-refractivity contribution in [3.63, 3.8) is 0 Å². The van der Waals surface area contributed by atoms with E-state index >= 15 is 0 Å². The molecule has 0 saturated carbocycles. The molecular formula is C17H19N3O. The van der Waals surface area contributed by atoms with E-state index in [0.717, 1.165) is 17.6 Å². The minimum Gasteiger partial charge on any atom is -0.390 e. The first-order chi connectivity index (χ1) is 10.3. The first kappa shape index (κ1) is 13.8. The van der Waals surface area contributed by atoms with Gasteiger partial charge in [-0.2, -0.15) is 0 Å². The fraction of sp³-hybridized carbons (Fsp3) is 0.235. The van der Waals surface area contributed by atoms with Crippen LogP contribution in [0.1, 0.15) is 5.56 Å². The van der Waals surface area contributed by atoms with Gasteiger partial charge in [-0.1, -0.05) is 42.5 Å². The lowest BCUT2D eigenvalue weighted by Gasteiger charge is -2.13. The molecule has 0 spiro atoms. The molecule has 1 atom stereocenters. The number of imidazole rings is 1. The maximum Gasteiger partial charge on any atom is 0.0959 e. The Morgan fingerprint density at radius 2 is 1.81 bits per heavy atom. The van der Waals surface area contributed by atoms with E-state index in [1.807, 2.05) is 47.0 Å². The highest BCUT2D eigenvalue weighted by atomic mass is 16.3. The van der Waals surface area contributed by atoms with Crippen LogP contribution >= 0.6 is 0 Å². The van der Waals surface area contributed by atoms with Gasteiger partial charge in [-0.05, 0) is 17.7 Å². The number of aromatic nitrogens is 2. The van der Waals surface area contributed by atoms with Gasteiger partial charge in [0.15, 0.2) is 0 Å². The second kappa shape index (κ2) is 6.52. The normalized spacial score (nSPS) is 12.6. The number of aliphatic hydroxyl groups is 1. The van der Waals surface area contributed by atoms with E-state index < -0.39 is 6.10 Å². The fourth-order valence-corrected chi connectivity index (χ4v) is 2.43. The molecule has 21 heavy (non-hydrogen) atoms. The number of aliphatic hydroxyl groups excluding tert-OH is 1. The molecule has 3 aromatic rings. The molecule has 0 bridgehead atoms. The van der Waals surface area contributed by atoms with Crippen LogP contribution in [-0.2, 0) is 13.1 Å². The van der Waals surface area contributed by atoms with Gasteiger partial charge in [0.05, 0.1) is 30.0 Å². The zero-order valence-corrected chi connectivity index (χ0v) is 11.8. The Hall–Kier alpha value is -2.17. The summed E-state index contributed by atoms with van der Waals surface area (Å²) in [7, 11) is 0. The average Bonchev–Trinajstić information content (AvgIpc) is 2.92. The van der Waals surface area contributed by atoms with Gasteiger partial charge in [-0.25, -0.2) is 4.98 Å². The molecule has 0 aliphatic rings. The lowest BCUT2D eigenvalue weighted by Crippen LogP contribution is -2.29. The van der Waals surface area contributed by atoms with E-state index in [2.05, 4.69) is 22.4 Å². The Kier molecular flexibility index (Phi) is 4.28. The van der Waals surface area contributed by atoms with E-state index in [0.29, 0.717) is 13.1 Å². The first-order valence-electron chi connectivity index (χ1n) is 7.15. The van der Waals surface area contributed by atoms with Crippen molar-refractivity contribution in [2.45, 2.75) is 19.2 Å². The molecule has 1 heterocycles. The largest absolute Gasteiger partial charge is 0.390 e. The summed E-state index contributed by atoms with van der Waals surface area (Å²) in [6.07, 6.45) is 1.34. The minimum atomic E-state index is -0.439. The van der Waals surface area contributed by atoms with E-state index in [-0.39, 0.29) is 0 Å². The van der Waals surface area contributed by atoms with Crippen LogP contribution in [0.15, 0.2) is 60.9 Å². The van der Waals surface area contributed by atoms with Crippen LogP contribution in [0.4, 0.5) is 0 Å². The highest BCUT2D eigenvalue weighted by Crippen LogP contribution is 2.12. The number of benzene rings is 2. The summed E-state index contributed by atoms with van der Waals surface area (Å²) in [4.78, 5) is 4.33. The van der Waals surface area contributed by atoms with Crippen LogP contribution in [0.2, 0.25) is 0 Å². The summed E-state index contributed by atoms with van der Waals surface area (Å²) in [6.45, 7) is 1.87. The molecule has 0 radical (unpaired) electrons. The molecule has 0 saturated heterocycles. The summed E-state index contributed by atoms with van der Waals surface area (Å²) < 4.78 is 1.99.